The topological polar surface area (TPSA) is 64.3 Å². The summed E-state index contributed by atoms with van der Waals surface area (Å²) in [4.78, 5) is 12.3. The van der Waals surface area contributed by atoms with Crippen molar-refractivity contribution in [2.24, 2.45) is 5.73 Å². The summed E-state index contributed by atoms with van der Waals surface area (Å²) in [6, 6.07) is 15.4. The fourth-order valence-corrected chi connectivity index (χ4v) is 2.80. The van der Waals surface area contributed by atoms with Gasteiger partial charge in [0.1, 0.15) is 6.61 Å². The first-order valence-corrected chi connectivity index (χ1v) is 8.77. The zero-order valence-corrected chi connectivity index (χ0v) is 15.5. The van der Waals surface area contributed by atoms with Gasteiger partial charge in [-0.25, -0.2) is 4.79 Å². The predicted molar refractivity (Wildman–Crippen MR) is 103 cm³/mol. The van der Waals surface area contributed by atoms with Crippen LogP contribution in [0.5, 0.6) is 0 Å². The predicted octanol–water partition coefficient (Wildman–Crippen LogP) is 5.18. The minimum absolute atomic E-state index is 0.136. The van der Waals surface area contributed by atoms with E-state index in [9.17, 15) is 4.79 Å². The van der Waals surface area contributed by atoms with Crippen LogP contribution in [0.4, 0.5) is 10.5 Å². The summed E-state index contributed by atoms with van der Waals surface area (Å²) in [6.45, 7) is 8.59. The molecule has 0 saturated heterocycles. The second kappa shape index (κ2) is 8.67. The Kier molecular flexibility index (Phi) is 6.59. The number of ether oxygens (including phenoxy) is 1. The van der Waals surface area contributed by atoms with Crippen LogP contribution in [0.15, 0.2) is 48.5 Å². The van der Waals surface area contributed by atoms with Crippen LogP contribution < -0.4 is 11.1 Å². The maximum Gasteiger partial charge on any atom is 0.411 e. The van der Waals surface area contributed by atoms with Crippen LogP contribution in [0.3, 0.4) is 0 Å². The molecule has 1 unspecified atom stereocenters. The Morgan fingerprint density at radius 3 is 2.04 bits per heavy atom. The van der Waals surface area contributed by atoms with Crippen LogP contribution in [0, 0.1) is 0 Å². The minimum Gasteiger partial charge on any atom is -0.447 e. The number of nitrogens with one attached hydrogen (secondary N) is 1. The van der Waals surface area contributed by atoms with Crippen molar-refractivity contribution in [1.29, 1.82) is 0 Å². The Morgan fingerprint density at radius 2 is 1.52 bits per heavy atom. The number of carbonyl (C=O) groups is 1. The largest absolute Gasteiger partial charge is 0.447 e. The van der Waals surface area contributed by atoms with Gasteiger partial charge in [0.25, 0.3) is 0 Å². The van der Waals surface area contributed by atoms with Gasteiger partial charge in [-0.15, -0.1) is 0 Å². The molecule has 1 amide bonds. The molecule has 1 atom stereocenters. The average molecular weight is 340 g/mol. The number of anilines is 1. The lowest BCUT2D eigenvalue weighted by molar-refractivity contribution is 0.154. The van der Waals surface area contributed by atoms with Crippen LogP contribution >= 0.6 is 0 Å². The van der Waals surface area contributed by atoms with E-state index >= 15 is 0 Å². The maximum absolute atomic E-state index is 12.3. The van der Waals surface area contributed by atoms with Crippen molar-refractivity contribution in [3.63, 3.8) is 0 Å². The van der Waals surface area contributed by atoms with Gasteiger partial charge in [-0.2, -0.15) is 0 Å². The van der Waals surface area contributed by atoms with Gasteiger partial charge in [0.05, 0.1) is 11.7 Å². The fourth-order valence-electron chi connectivity index (χ4n) is 2.80. The summed E-state index contributed by atoms with van der Waals surface area (Å²) < 4.78 is 5.36. The molecule has 0 fully saturated rings. The molecule has 0 heterocycles. The van der Waals surface area contributed by atoms with Crippen LogP contribution in [0.25, 0.3) is 0 Å². The molecular formula is C21H28N2O2. The van der Waals surface area contributed by atoms with Gasteiger partial charge in [0.2, 0.25) is 0 Å². The molecule has 4 heteroatoms. The third-order valence-electron chi connectivity index (χ3n) is 4.22. The Bertz CT molecular complexity index is 670. The van der Waals surface area contributed by atoms with Gasteiger partial charge >= 0.3 is 6.09 Å². The standard InChI is InChI=1S/C21H28N2O2/c1-14(2)17-11-8-12-18(15(3)4)20(17)23-21(24)25-13-19(22)16-9-6-5-7-10-16/h5-12,14-15,19H,13,22H2,1-4H3,(H,23,24). The highest BCUT2D eigenvalue weighted by molar-refractivity contribution is 5.87. The molecule has 134 valence electrons. The normalized spacial score (nSPS) is 12.3. The summed E-state index contributed by atoms with van der Waals surface area (Å²) >= 11 is 0. The quantitative estimate of drug-likeness (QED) is 0.761. The molecule has 0 bridgehead atoms. The summed E-state index contributed by atoms with van der Waals surface area (Å²) in [5.74, 6) is 0.612. The van der Waals surface area contributed by atoms with Crippen molar-refractivity contribution >= 4 is 11.8 Å². The first-order valence-electron chi connectivity index (χ1n) is 8.77. The molecule has 0 aliphatic heterocycles. The molecule has 0 spiro atoms. The molecular weight excluding hydrogens is 312 g/mol. The molecule has 0 aromatic heterocycles. The monoisotopic (exact) mass is 340 g/mol. The van der Waals surface area contributed by atoms with Gasteiger partial charge in [-0.05, 0) is 28.5 Å². The number of amides is 1. The molecule has 3 N–H and O–H groups in total. The zero-order chi connectivity index (χ0) is 18.4. The number of rotatable bonds is 6. The Labute approximate surface area is 150 Å². The van der Waals surface area contributed by atoms with E-state index in [0.717, 1.165) is 22.4 Å². The SMILES string of the molecule is CC(C)c1cccc(C(C)C)c1NC(=O)OCC(N)c1ccccc1. The average Bonchev–Trinajstić information content (AvgIpc) is 2.60. The lowest BCUT2D eigenvalue weighted by Gasteiger charge is -2.20. The van der Waals surface area contributed by atoms with Gasteiger partial charge < -0.3 is 10.5 Å². The van der Waals surface area contributed by atoms with E-state index in [-0.39, 0.29) is 12.6 Å². The highest BCUT2D eigenvalue weighted by Crippen LogP contribution is 2.32. The lowest BCUT2D eigenvalue weighted by Crippen LogP contribution is -2.23. The lowest BCUT2D eigenvalue weighted by atomic mass is 9.93. The molecule has 2 aromatic carbocycles. The van der Waals surface area contributed by atoms with Crippen LogP contribution in [0.2, 0.25) is 0 Å². The van der Waals surface area contributed by atoms with Gasteiger partial charge in [0.15, 0.2) is 0 Å². The van der Waals surface area contributed by atoms with Crippen molar-refractivity contribution in [3.05, 3.63) is 65.2 Å². The van der Waals surface area contributed by atoms with Crippen molar-refractivity contribution < 1.29 is 9.53 Å². The number of hydrogen-bond acceptors (Lipinski definition) is 3. The third-order valence-corrected chi connectivity index (χ3v) is 4.22. The van der Waals surface area contributed by atoms with E-state index in [1.807, 2.05) is 48.5 Å². The van der Waals surface area contributed by atoms with Gasteiger partial charge in [0, 0.05) is 0 Å². The van der Waals surface area contributed by atoms with Crippen LogP contribution in [0.1, 0.15) is 62.3 Å². The second-order valence-corrected chi connectivity index (χ2v) is 6.86. The molecule has 2 aromatic rings. The highest BCUT2D eigenvalue weighted by Gasteiger charge is 2.17. The molecule has 0 saturated carbocycles. The number of hydrogen-bond donors (Lipinski definition) is 2. The highest BCUT2D eigenvalue weighted by atomic mass is 16.5. The molecule has 4 nitrogen and oxygen atoms in total. The van der Waals surface area contributed by atoms with E-state index in [2.05, 4.69) is 33.0 Å². The van der Waals surface area contributed by atoms with Crippen LogP contribution in [-0.4, -0.2) is 12.7 Å². The molecule has 0 radical (unpaired) electrons. The van der Waals surface area contributed by atoms with Crippen molar-refractivity contribution in [2.45, 2.75) is 45.6 Å². The first kappa shape index (κ1) is 19.0. The van der Waals surface area contributed by atoms with E-state index in [4.69, 9.17) is 10.5 Å². The van der Waals surface area contributed by atoms with E-state index in [1.165, 1.54) is 0 Å². The molecule has 0 aliphatic rings. The Morgan fingerprint density at radius 1 is 0.960 bits per heavy atom. The summed E-state index contributed by atoms with van der Waals surface area (Å²) in [6.07, 6.45) is -0.471. The summed E-state index contributed by atoms with van der Waals surface area (Å²) in [5.41, 5.74) is 10.1. The molecule has 2 rings (SSSR count). The van der Waals surface area contributed by atoms with Gasteiger partial charge in [-0.1, -0.05) is 76.2 Å². The minimum atomic E-state index is -0.471. The summed E-state index contributed by atoms with van der Waals surface area (Å²) in [7, 11) is 0. The maximum atomic E-state index is 12.3. The smallest absolute Gasteiger partial charge is 0.411 e. The fraction of sp³-hybridized carbons (Fsp3) is 0.381. The molecule has 0 aliphatic carbocycles. The third kappa shape index (κ3) is 5.07. The Balaban J connectivity index is 2.07. The Hall–Kier alpha value is -2.33. The first-order chi connectivity index (χ1) is 11.9. The second-order valence-electron chi connectivity index (χ2n) is 6.86. The van der Waals surface area contributed by atoms with E-state index in [1.54, 1.807) is 0 Å². The van der Waals surface area contributed by atoms with Crippen molar-refractivity contribution in [2.75, 3.05) is 11.9 Å². The van der Waals surface area contributed by atoms with Crippen molar-refractivity contribution in [1.82, 2.24) is 0 Å². The summed E-state index contributed by atoms with van der Waals surface area (Å²) in [5, 5.41) is 2.93. The van der Waals surface area contributed by atoms with Crippen molar-refractivity contribution in [3.8, 4) is 0 Å². The van der Waals surface area contributed by atoms with Crippen LogP contribution in [-0.2, 0) is 4.74 Å². The number of para-hydroxylation sites is 1. The van der Waals surface area contributed by atoms with E-state index < -0.39 is 6.09 Å². The van der Waals surface area contributed by atoms with E-state index in [0.29, 0.717) is 11.8 Å². The molecule has 25 heavy (non-hydrogen) atoms. The number of benzene rings is 2. The number of nitrogens with two attached hydrogens (primary N) is 1. The zero-order valence-electron chi connectivity index (χ0n) is 15.5. The number of carbonyl (C=O) groups excluding carboxylic acids is 1. The van der Waals surface area contributed by atoms with Gasteiger partial charge in [-0.3, -0.25) is 5.32 Å².